The Morgan fingerprint density at radius 2 is 2.29 bits per heavy atom. The van der Waals surface area contributed by atoms with Gasteiger partial charge in [-0.3, -0.25) is 0 Å². The predicted molar refractivity (Wildman–Crippen MR) is 56.8 cm³/mol. The molecular formula is C10H18N4. The first-order valence-corrected chi connectivity index (χ1v) is 4.89. The lowest BCUT2D eigenvalue weighted by atomic mass is 10.3. The number of nitrogens with zero attached hydrogens (tertiary/aromatic N) is 3. The van der Waals surface area contributed by atoms with Gasteiger partial charge in [0, 0.05) is 12.7 Å². The summed E-state index contributed by atoms with van der Waals surface area (Å²) in [4.78, 5) is 10.6. The molecule has 1 rings (SSSR count). The Kier molecular flexibility index (Phi) is 4.49. The minimum atomic E-state index is 0.743. The summed E-state index contributed by atoms with van der Waals surface area (Å²) >= 11 is 0. The second-order valence-corrected chi connectivity index (χ2v) is 3.48. The fourth-order valence-electron chi connectivity index (χ4n) is 1.31. The van der Waals surface area contributed by atoms with Crippen LogP contribution in [0.1, 0.15) is 17.9 Å². The average Bonchev–Trinajstić information content (AvgIpc) is 2.15. The maximum atomic E-state index is 5.44. The molecule has 4 nitrogen and oxygen atoms in total. The van der Waals surface area contributed by atoms with Gasteiger partial charge in [-0.05, 0) is 39.5 Å². The number of rotatable bonds is 5. The average molecular weight is 194 g/mol. The zero-order chi connectivity index (χ0) is 10.4. The van der Waals surface area contributed by atoms with E-state index < -0.39 is 0 Å². The van der Waals surface area contributed by atoms with Crippen molar-refractivity contribution in [1.29, 1.82) is 0 Å². The normalized spacial score (nSPS) is 10.9. The Hall–Kier alpha value is -1.00. The summed E-state index contributed by atoms with van der Waals surface area (Å²) in [5, 5.41) is 0. The molecule has 0 saturated carbocycles. The van der Waals surface area contributed by atoms with Gasteiger partial charge >= 0.3 is 0 Å². The van der Waals surface area contributed by atoms with Crippen molar-refractivity contribution < 1.29 is 0 Å². The minimum Gasteiger partial charge on any atom is -0.330 e. The molecule has 2 N–H and O–H groups in total. The molecule has 0 unspecified atom stereocenters. The number of aryl methyl sites for hydroxylation is 1. The first kappa shape index (κ1) is 11.1. The van der Waals surface area contributed by atoms with Crippen LogP contribution in [0.3, 0.4) is 0 Å². The maximum Gasteiger partial charge on any atom is 0.125 e. The van der Waals surface area contributed by atoms with E-state index in [1.165, 1.54) is 0 Å². The summed E-state index contributed by atoms with van der Waals surface area (Å²) in [6.07, 6.45) is 2.83. The fourth-order valence-corrected chi connectivity index (χ4v) is 1.31. The van der Waals surface area contributed by atoms with E-state index >= 15 is 0 Å². The Bertz CT molecular complexity index is 275. The maximum absolute atomic E-state index is 5.44. The molecule has 0 fully saturated rings. The molecule has 0 aliphatic rings. The van der Waals surface area contributed by atoms with Crippen LogP contribution < -0.4 is 5.73 Å². The molecule has 14 heavy (non-hydrogen) atoms. The number of hydrogen-bond donors (Lipinski definition) is 1. The summed E-state index contributed by atoms with van der Waals surface area (Å²) in [7, 11) is 2.08. The zero-order valence-electron chi connectivity index (χ0n) is 8.90. The molecule has 0 aromatic carbocycles. The quantitative estimate of drug-likeness (QED) is 0.744. The summed E-state index contributed by atoms with van der Waals surface area (Å²) in [6.45, 7) is 4.53. The first-order valence-electron chi connectivity index (χ1n) is 4.89. The van der Waals surface area contributed by atoms with Crippen LogP contribution in [0.2, 0.25) is 0 Å². The molecule has 78 valence electrons. The van der Waals surface area contributed by atoms with Gasteiger partial charge in [-0.25, -0.2) is 9.97 Å². The smallest absolute Gasteiger partial charge is 0.125 e. The monoisotopic (exact) mass is 194 g/mol. The van der Waals surface area contributed by atoms with E-state index in [2.05, 4.69) is 21.9 Å². The summed E-state index contributed by atoms with van der Waals surface area (Å²) < 4.78 is 0. The van der Waals surface area contributed by atoms with E-state index in [9.17, 15) is 0 Å². The van der Waals surface area contributed by atoms with Gasteiger partial charge in [-0.1, -0.05) is 0 Å². The largest absolute Gasteiger partial charge is 0.330 e. The summed E-state index contributed by atoms with van der Waals surface area (Å²) in [5.41, 5.74) is 6.51. The van der Waals surface area contributed by atoms with Gasteiger partial charge in [0.25, 0.3) is 0 Å². The molecule has 0 atom stereocenters. The van der Waals surface area contributed by atoms with Crippen molar-refractivity contribution in [2.45, 2.75) is 19.9 Å². The predicted octanol–water partition coefficient (Wildman–Crippen LogP) is 0.566. The van der Waals surface area contributed by atoms with E-state index in [4.69, 9.17) is 5.73 Å². The van der Waals surface area contributed by atoms with Crippen molar-refractivity contribution in [3.63, 3.8) is 0 Å². The van der Waals surface area contributed by atoms with Gasteiger partial charge in [0.05, 0.1) is 5.69 Å². The molecule has 0 amide bonds. The lowest BCUT2D eigenvalue weighted by Gasteiger charge is -2.15. The standard InChI is InChI=1S/C10H18N4/c1-9-12-6-4-10(13-9)8-14(2)7-3-5-11/h4,6H,3,5,7-8,11H2,1-2H3. The molecule has 0 aliphatic heterocycles. The van der Waals surface area contributed by atoms with Gasteiger partial charge in [0.1, 0.15) is 5.82 Å². The summed E-state index contributed by atoms with van der Waals surface area (Å²) in [5.74, 6) is 0.828. The van der Waals surface area contributed by atoms with Gasteiger partial charge in [-0.2, -0.15) is 0 Å². The molecule has 1 heterocycles. The van der Waals surface area contributed by atoms with Crippen LogP contribution >= 0.6 is 0 Å². The fraction of sp³-hybridized carbons (Fsp3) is 0.600. The number of nitrogens with two attached hydrogens (primary N) is 1. The van der Waals surface area contributed by atoms with Crippen molar-refractivity contribution in [3.8, 4) is 0 Å². The van der Waals surface area contributed by atoms with Crippen LogP contribution in [0, 0.1) is 6.92 Å². The molecule has 0 bridgehead atoms. The van der Waals surface area contributed by atoms with Gasteiger partial charge in [0.2, 0.25) is 0 Å². The summed E-state index contributed by atoms with van der Waals surface area (Å²) in [6, 6.07) is 1.95. The van der Waals surface area contributed by atoms with E-state index in [1.807, 2.05) is 13.0 Å². The minimum absolute atomic E-state index is 0.743. The third kappa shape index (κ3) is 3.81. The molecule has 1 aromatic rings. The van der Waals surface area contributed by atoms with E-state index in [0.29, 0.717) is 0 Å². The third-order valence-electron chi connectivity index (χ3n) is 2.01. The second-order valence-electron chi connectivity index (χ2n) is 3.48. The molecule has 0 saturated heterocycles. The molecule has 0 aliphatic carbocycles. The highest BCUT2D eigenvalue weighted by molar-refractivity contribution is 5.01. The first-order chi connectivity index (χ1) is 6.72. The van der Waals surface area contributed by atoms with Gasteiger partial charge in [0.15, 0.2) is 0 Å². The van der Waals surface area contributed by atoms with E-state index in [0.717, 1.165) is 37.6 Å². The highest BCUT2D eigenvalue weighted by Gasteiger charge is 2.00. The molecule has 4 heteroatoms. The second kappa shape index (κ2) is 5.67. The number of aromatic nitrogens is 2. The van der Waals surface area contributed by atoms with Crippen LogP contribution in [0.15, 0.2) is 12.3 Å². The lowest BCUT2D eigenvalue weighted by Crippen LogP contribution is -2.22. The highest BCUT2D eigenvalue weighted by Crippen LogP contribution is 1.99. The Labute approximate surface area is 85.2 Å². The van der Waals surface area contributed by atoms with Crippen LogP contribution in [-0.4, -0.2) is 35.0 Å². The molecule has 1 aromatic heterocycles. The topological polar surface area (TPSA) is 55.0 Å². The Balaban J connectivity index is 2.43. The van der Waals surface area contributed by atoms with Crippen molar-refractivity contribution in [2.75, 3.05) is 20.1 Å². The van der Waals surface area contributed by atoms with Crippen molar-refractivity contribution >= 4 is 0 Å². The molecule has 0 radical (unpaired) electrons. The lowest BCUT2D eigenvalue weighted by molar-refractivity contribution is 0.320. The van der Waals surface area contributed by atoms with E-state index in [-0.39, 0.29) is 0 Å². The van der Waals surface area contributed by atoms with Crippen molar-refractivity contribution in [3.05, 3.63) is 23.8 Å². The van der Waals surface area contributed by atoms with Crippen LogP contribution in [0.25, 0.3) is 0 Å². The Morgan fingerprint density at radius 1 is 1.50 bits per heavy atom. The van der Waals surface area contributed by atoms with Crippen molar-refractivity contribution in [2.24, 2.45) is 5.73 Å². The number of hydrogen-bond acceptors (Lipinski definition) is 4. The molecule has 0 spiro atoms. The Morgan fingerprint density at radius 3 is 2.93 bits per heavy atom. The van der Waals surface area contributed by atoms with Gasteiger partial charge in [-0.15, -0.1) is 0 Å². The highest BCUT2D eigenvalue weighted by atomic mass is 15.1. The van der Waals surface area contributed by atoms with Crippen LogP contribution in [0.4, 0.5) is 0 Å². The van der Waals surface area contributed by atoms with Crippen molar-refractivity contribution in [1.82, 2.24) is 14.9 Å². The van der Waals surface area contributed by atoms with Crippen LogP contribution in [0.5, 0.6) is 0 Å². The van der Waals surface area contributed by atoms with E-state index in [1.54, 1.807) is 6.20 Å². The third-order valence-corrected chi connectivity index (χ3v) is 2.01. The van der Waals surface area contributed by atoms with Gasteiger partial charge < -0.3 is 10.6 Å². The van der Waals surface area contributed by atoms with Crippen LogP contribution in [-0.2, 0) is 6.54 Å². The molecular weight excluding hydrogens is 176 g/mol. The SMILES string of the molecule is Cc1nccc(CN(C)CCCN)n1. The zero-order valence-corrected chi connectivity index (χ0v) is 8.90.